The van der Waals surface area contributed by atoms with E-state index in [1.807, 2.05) is 42.5 Å². The number of phenolic OH excluding ortho intramolecular Hbond substituents is 1. The Morgan fingerprint density at radius 2 is 1.62 bits per heavy atom. The summed E-state index contributed by atoms with van der Waals surface area (Å²) in [5.41, 5.74) is 2.65. The van der Waals surface area contributed by atoms with Crippen molar-refractivity contribution in [2.24, 2.45) is 0 Å². The fourth-order valence-electron chi connectivity index (χ4n) is 3.65. The lowest BCUT2D eigenvalue weighted by Crippen LogP contribution is -2.38. The molecule has 0 spiro atoms. The maximum atomic E-state index is 13.4. The largest absolute Gasteiger partial charge is 0.507 e. The molecule has 5 nitrogen and oxygen atoms in total. The second kappa shape index (κ2) is 8.66. The maximum Gasteiger partial charge on any atom is 0.325 e. The van der Waals surface area contributed by atoms with Crippen molar-refractivity contribution in [1.82, 2.24) is 0 Å². The van der Waals surface area contributed by atoms with Crippen LogP contribution in [0.1, 0.15) is 58.2 Å². The van der Waals surface area contributed by atoms with Gasteiger partial charge in [-0.1, -0.05) is 65.4 Å². The molecule has 0 saturated carbocycles. The number of rotatable bonds is 3. The van der Waals surface area contributed by atoms with Gasteiger partial charge >= 0.3 is 5.97 Å². The number of nitrogens with zero attached hydrogens (tertiary/aromatic N) is 1. The van der Waals surface area contributed by atoms with E-state index in [9.17, 15) is 14.7 Å². The van der Waals surface area contributed by atoms with E-state index in [-0.39, 0.29) is 23.3 Å². The van der Waals surface area contributed by atoms with E-state index in [1.165, 1.54) is 23.8 Å². The van der Waals surface area contributed by atoms with Crippen LogP contribution in [0.5, 0.6) is 5.75 Å². The van der Waals surface area contributed by atoms with Crippen molar-refractivity contribution in [3.05, 3.63) is 58.0 Å². The van der Waals surface area contributed by atoms with Gasteiger partial charge in [-0.3, -0.25) is 14.5 Å². The van der Waals surface area contributed by atoms with Crippen molar-refractivity contribution in [3.8, 4) is 5.75 Å². The molecule has 2 aromatic rings. The molecule has 1 amide bonds. The van der Waals surface area contributed by atoms with Crippen LogP contribution in [0.15, 0.2) is 46.2 Å². The number of hydrogen-bond donors (Lipinski definition) is 1. The lowest BCUT2D eigenvalue weighted by Gasteiger charge is -2.30. The van der Waals surface area contributed by atoms with Gasteiger partial charge in [-0.25, -0.2) is 0 Å². The van der Waals surface area contributed by atoms with Crippen molar-refractivity contribution in [3.63, 3.8) is 0 Å². The fourth-order valence-corrected chi connectivity index (χ4v) is 4.71. The number of anilines is 1. The number of hydrogen-bond acceptors (Lipinski definition) is 5. The predicted molar refractivity (Wildman–Crippen MR) is 130 cm³/mol. The van der Waals surface area contributed by atoms with Crippen molar-refractivity contribution in [2.75, 3.05) is 18.6 Å². The Bertz CT molecular complexity index is 1050. The van der Waals surface area contributed by atoms with Crippen LogP contribution in [0.25, 0.3) is 6.08 Å². The minimum atomic E-state index is -0.478. The highest BCUT2D eigenvalue weighted by molar-refractivity contribution is 8.04. The molecule has 0 bridgehead atoms. The quantitative estimate of drug-likeness (QED) is 0.481. The van der Waals surface area contributed by atoms with E-state index >= 15 is 0 Å². The lowest BCUT2D eigenvalue weighted by atomic mass is 9.78. The first-order valence-corrected chi connectivity index (χ1v) is 11.4. The lowest BCUT2D eigenvalue weighted by molar-refractivity contribution is -0.139. The van der Waals surface area contributed by atoms with Gasteiger partial charge in [0.2, 0.25) is 0 Å². The summed E-state index contributed by atoms with van der Waals surface area (Å²) in [5, 5.41) is 11.0. The van der Waals surface area contributed by atoms with Gasteiger partial charge in [0.15, 0.2) is 0 Å². The summed E-state index contributed by atoms with van der Waals surface area (Å²) in [5.74, 6) is -0.427. The number of thioether (sulfide) groups is 1. The average molecular weight is 454 g/mol. The predicted octanol–water partition coefficient (Wildman–Crippen LogP) is 5.64. The zero-order valence-electron chi connectivity index (χ0n) is 19.8. The van der Waals surface area contributed by atoms with Crippen LogP contribution in [-0.2, 0) is 25.2 Å². The number of carbonyl (C=O) groups excluding carboxylic acids is 2. The molecule has 0 unspecified atom stereocenters. The summed E-state index contributed by atoms with van der Waals surface area (Å²) >= 11 is 1.38. The monoisotopic (exact) mass is 453 g/mol. The van der Waals surface area contributed by atoms with Gasteiger partial charge in [0.25, 0.3) is 5.91 Å². The highest BCUT2D eigenvalue weighted by Gasteiger charge is 2.31. The summed E-state index contributed by atoms with van der Waals surface area (Å²) in [7, 11) is 1.31. The Kier molecular flexibility index (Phi) is 6.47. The van der Waals surface area contributed by atoms with E-state index in [0.29, 0.717) is 16.3 Å². The smallest absolute Gasteiger partial charge is 0.325 e. The highest BCUT2D eigenvalue weighted by Crippen LogP contribution is 2.44. The molecule has 1 N–H and O–H groups in total. The molecule has 1 heterocycles. The molecule has 32 heavy (non-hydrogen) atoms. The number of para-hydroxylation sites is 1. The van der Waals surface area contributed by atoms with Crippen LogP contribution >= 0.6 is 11.8 Å². The van der Waals surface area contributed by atoms with E-state index in [4.69, 9.17) is 4.74 Å². The molecule has 0 radical (unpaired) electrons. The number of amides is 1. The summed E-state index contributed by atoms with van der Waals surface area (Å²) in [6.07, 6.45) is 1.84. The topological polar surface area (TPSA) is 66.8 Å². The average Bonchev–Trinajstić information content (AvgIpc) is 2.70. The van der Waals surface area contributed by atoms with E-state index in [0.717, 1.165) is 21.6 Å². The molecule has 0 atom stereocenters. The second-order valence-electron chi connectivity index (χ2n) is 10.0. The van der Waals surface area contributed by atoms with Gasteiger partial charge in [-0.05, 0) is 46.7 Å². The number of esters is 1. The Morgan fingerprint density at radius 1 is 1.06 bits per heavy atom. The van der Waals surface area contributed by atoms with Crippen LogP contribution < -0.4 is 4.90 Å². The van der Waals surface area contributed by atoms with Gasteiger partial charge in [0.05, 0.1) is 17.7 Å². The summed E-state index contributed by atoms with van der Waals surface area (Å²) < 4.78 is 4.80. The van der Waals surface area contributed by atoms with Gasteiger partial charge in [0.1, 0.15) is 12.3 Å². The maximum absolute atomic E-state index is 13.4. The number of fused-ring (bicyclic) bond motifs is 1. The highest BCUT2D eigenvalue weighted by atomic mass is 32.2. The molecule has 0 saturated heterocycles. The van der Waals surface area contributed by atoms with Gasteiger partial charge in [-0.15, -0.1) is 0 Å². The Balaban J connectivity index is 2.15. The third-order valence-electron chi connectivity index (χ3n) is 5.39. The first-order chi connectivity index (χ1) is 14.8. The van der Waals surface area contributed by atoms with Crippen LogP contribution in [0.4, 0.5) is 5.69 Å². The van der Waals surface area contributed by atoms with Crippen molar-refractivity contribution in [1.29, 1.82) is 0 Å². The molecule has 3 rings (SSSR count). The third-order valence-corrected chi connectivity index (χ3v) is 6.47. The fraction of sp³-hybridized carbons (Fsp3) is 0.385. The molecular formula is C26H31NO4S. The van der Waals surface area contributed by atoms with Crippen molar-refractivity contribution >= 4 is 35.4 Å². The molecule has 2 aromatic carbocycles. The van der Waals surface area contributed by atoms with Crippen LogP contribution in [0, 0.1) is 0 Å². The van der Waals surface area contributed by atoms with E-state index in [2.05, 4.69) is 41.5 Å². The summed E-state index contributed by atoms with van der Waals surface area (Å²) in [4.78, 5) is 28.2. The zero-order valence-corrected chi connectivity index (χ0v) is 20.6. The third kappa shape index (κ3) is 4.85. The van der Waals surface area contributed by atoms with E-state index < -0.39 is 5.97 Å². The summed E-state index contributed by atoms with van der Waals surface area (Å²) in [6.45, 7) is 12.2. The number of benzene rings is 2. The minimum absolute atomic E-state index is 0.152. The zero-order chi connectivity index (χ0) is 23.8. The van der Waals surface area contributed by atoms with Crippen LogP contribution in [0.3, 0.4) is 0 Å². The first kappa shape index (κ1) is 23.9. The number of phenols is 1. The minimum Gasteiger partial charge on any atom is -0.507 e. The molecule has 6 heteroatoms. The number of methoxy groups -OCH3 is 1. The molecule has 1 aliphatic rings. The van der Waals surface area contributed by atoms with Gasteiger partial charge < -0.3 is 9.84 Å². The van der Waals surface area contributed by atoms with Gasteiger partial charge in [0, 0.05) is 16.0 Å². The number of aromatic hydroxyl groups is 1. The second-order valence-corrected chi connectivity index (χ2v) is 11.1. The van der Waals surface area contributed by atoms with Crippen LogP contribution in [0.2, 0.25) is 0 Å². The van der Waals surface area contributed by atoms with E-state index in [1.54, 1.807) is 0 Å². The van der Waals surface area contributed by atoms with Crippen LogP contribution in [-0.4, -0.2) is 30.6 Å². The summed E-state index contributed by atoms with van der Waals surface area (Å²) in [6, 6.07) is 11.4. The SMILES string of the molecule is COC(=O)CN1C(=O)/C(=C/c2cc(C(C)(C)C)c(O)c(C(C)(C)C)c2)Sc2ccccc21. The van der Waals surface area contributed by atoms with Crippen molar-refractivity contribution in [2.45, 2.75) is 57.3 Å². The Hall–Kier alpha value is -2.73. The standard InChI is InChI=1S/C26H31NO4S/c1-25(2,3)17-12-16(13-18(23(17)29)26(4,5)6)14-21-24(30)27(15-22(28)31-7)19-10-8-9-11-20(19)32-21/h8-14,29H,15H2,1-7H3/b21-14-. The number of carbonyl (C=O) groups is 2. The van der Waals surface area contributed by atoms with Crippen molar-refractivity contribution < 1.29 is 19.4 Å². The molecule has 0 fully saturated rings. The Labute approximate surface area is 194 Å². The molecule has 0 aromatic heterocycles. The molecule has 0 aliphatic carbocycles. The molecule has 1 aliphatic heterocycles. The van der Waals surface area contributed by atoms with Gasteiger partial charge in [-0.2, -0.15) is 0 Å². The first-order valence-electron chi connectivity index (χ1n) is 10.6. The molecular weight excluding hydrogens is 422 g/mol. The number of ether oxygens (including phenoxy) is 1. The Morgan fingerprint density at radius 3 is 2.16 bits per heavy atom. The normalized spacial score (nSPS) is 15.7. The molecule has 170 valence electrons.